The summed E-state index contributed by atoms with van der Waals surface area (Å²) >= 11 is 3.78. The maximum Gasteiger partial charge on any atom is 0.177 e. The van der Waals surface area contributed by atoms with Gasteiger partial charge in [0.25, 0.3) is 0 Å². The van der Waals surface area contributed by atoms with Crippen LogP contribution in [0.2, 0.25) is 0 Å². The Bertz CT molecular complexity index is 381. The second-order valence-corrected chi connectivity index (χ2v) is 3.43. The average molecular weight is 225 g/mol. The molecule has 0 saturated heterocycles. The highest BCUT2D eigenvalue weighted by Crippen LogP contribution is 2.30. The summed E-state index contributed by atoms with van der Waals surface area (Å²) in [5.41, 5.74) is 0.598. The summed E-state index contributed by atoms with van der Waals surface area (Å²) in [7, 11) is 0. The van der Waals surface area contributed by atoms with E-state index in [1.807, 2.05) is 0 Å². The lowest BCUT2D eigenvalue weighted by Gasteiger charge is -2.18. The number of rotatable bonds is 3. The molecule has 1 aliphatic rings. The summed E-state index contributed by atoms with van der Waals surface area (Å²) in [6.45, 7) is 1.27. The molecule has 2 rings (SSSR count). The predicted molar refractivity (Wildman–Crippen MR) is 58.8 cm³/mol. The van der Waals surface area contributed by atoms with E-state index in [-0.39, 0.29) is 12.3 Å². The molecule has 0 atom stereocenters. The minimum atomic E-state index is -0.0260. The highest BCUT2D eigenvalue weighted by atomic mass is 32.1. The van der Waals surface area contributed by atoms with Gasteiger partial charge in [0.15, 0.2) is 17.3 Å². The zero-order chi connectivity index (χ0) is 10.7. The van der Waals surface area contributed by atoms with Gasteiger partial charge in [-0.2, -0.15) is 0 Å². The first-order chi connectivity index (χ1) is 7.31. The lowest BCUT2D eigenvalue weighted by atomic mass is 10.1. The third-order valence-electron chi connectivity index (χ3n) is 2.10. The van der Waals surface area contributed by atoms with E-state index < -0.39 is 0 Å². The van der Waals surface area contributed by atoms with Gasteiger partial charge in [-0.15, -0.1) is 0 Å². The van der Waals surface area contributed by atoms with Crippen molar-refractivity contribution >= 4 is 18.6 Å². The third kappa shape index (κ3) is 2.24. The molecule has 0 fully saturated rings. The Morgan fingerprint density at radius 1 is 1.33 bits per heavy atom. The molecule has 1 aromatic carbocycles. The highest BCUT2D eigenvalue weighted by molar-refractivity contribution is 7.78. The van der Waals surface area contributed by atoms with Gasteiger partial charge in [0, 0.05) is 5.56 Å². The van der Waals surface area contributed by atoms with Gasteiger partial charge in [-0.05, 0) is 18.2 Å². The smallest absolute Gasteiger partial charge is 0.177 e. The first-order valence-corrected chi connectivity index (χ1v) is 5.06. The summed E-state index contributed by atoms with van der Waals surface area (Å²) in [6.07, 6.45) is 0. The average Bonchev–Trinajstić information content (AvgIpc) is 2.29. The fourth-order valence-electron chi connectivity index (χ4n) is 1.39. The topological polar surface area (TPSA) is 47.6 Å². The molecule has 15 heavy (non-hydrogen) atoms. The Kier molecular flexibility index (Phi) is 3.13. The summed E-state index contributed by atoms with van der Waals surface area (Å²) in [5, 5.41) is 0. The molecule has 5 heteroatoms. The number of hydrogen-bond donors (Lipinski definition) is 2. The molecule has 0 radical (unpaired) electrons. The number of nitrogens with one attached hydrogen (secondary N) is 1. The van der Waals surface area contributed by atoms with Crippen LogP contribution >= 0.6 is 12.8 Å². The van der Waals surface area contributed by atoms with Crippen LogP contribution in [0.3, 0.4) is 0 Å². The first kappa shape index (κ1) is 10.3. The van der Waals surface area contributed by atoms with Crippen LogP contribution in [0.5, 0.6) is 11.5 Å². The molecule has 0 saturated carbocycles. The van der Waals surface area contributed by atoms with Crippen LogP contribution in [0.4, 0.5) is 0 Å². The lowest BCUT2D eigenvalue weighted by Crippen LogP contribution is -2.17. The van der Waals surface area contributed by atoms with Crippen molar-refractivity contribution in [3.05, 3.63) is 23.8 Å². The summed E-state index contributed by atoms with van der Waals surface area (Å²) < 4.78 is 13.2. The molecule has 0 aliphatic carbocycles. The Balaban J connectivity index is 2.24. The molecule has 1 heterocycles. The van der Waals surface area contributed by atoms with Crippen LogP contribution in [0.15, 0.2) is 18.2 Å². The summed E-state index contributed by atoms with van der Waals surface area (Å²) in [6, 6.07) is 5.17. The number of Topliss-reactive ketones (excluding diaryl/α,β-unsaturated/α-hetero) is 1. The number of carbonyl (C=O) groups excluding carboxylic acids is 1. The molecule has 1 N–H and O–H groups in total. The van der Waals surface area contributed by atoms with Crippen molar-refractivity contribution in [2.75, 3.05) is 19.8 Å². The van der Waals surface area contributed by atoms with Gasteiger partial charge in [-0.25, -0.2) is 0 Å². The molecule has 0 bridgehead atoms. The van der Waals surface area contributed by atoms with Crippen LogP contribution in [0.1, 0.15) is 10.4 Å². The zero-order valence-electron chi connectivity index (χ0n) is 8.03. The van der Waals surface area contributed by atoms with Gasteiger partial charge in [0.1, 0.15) is 13.2 Å². The van der Waals surface area contributed by atoms with E-state index in [2.05, 4.69) is 17.5 Å². The normalized spacial score (nSPS) is 13.7. The molecule has 80 valence electrons. The molecule has 0 unspecified atom stereocenters. The standard InChI is InChI=1S/C10H11NO3S/c12-8(6-11-15)7-1-2-9-10(5-7)14-4-3-13-9/h1-2,5,11,15H,3-4,6H2. The second-order valence-electron chi connectivity index (χ2n) is 3.12. The van der Waals surface area contributed by atoms with Crippen molar-refractivity contribution in [2.45, 2.75) is 0 Å². The number of hydrogen-bond acceptors (Lipinski definition) is 5. The number of benzene rings is 1. The fraction of sp³-hybridized carbons (Fsp3) is 0.300. The highest BCUT2D eigenvalue weighted by Gasteiger charge is 2.14. The summed E-state index contributed by atoms with van der Waals surface area (Å²) in [4.78, 5) is 11.5. The van der Waals surface area contributed by atoms with Crippen molar-refractivity contribution in [2.24, 2.45) is 0 Å². The van der Waals surface area contributed by atoms with Crippen molar-refractivity contribution in [1.29, 1.82) is 0 Å². The molecule has 4 nitrogen and oxygen atoms in total. The SMILES string of the molecule is O=C(CNS)c1ccc2c(c1)OCCO2. The largest absolute Gasteiger partial charge is 0.486 e. The Morgan fingerprint density at radius 2 is 2.07 bits per heavy atom. The van der Waals surface area contributed by atoms with Gasteiger partial charge in [-0.3, -0.25) is 9.52 Å². The number of ether oxygens (including phenoxy) is 2. The zero-order valence-corrected chi connectivity index (χ0v) is 8.92. The van der Waals surface area contributed by atoms with Crippen LogP contribution in [-0.2, 0) is 0 Å². The maximum absolute atomic E-state index is 11.5. The van der Waals surface area contributed by atoms with Gasteiger partial charge >= 0.3 is 0 Å². The molecular formula is C10H11NO3S. The fourth-order valence-corrected chi connectivity index (χ4v) is 1.53. The van der Waals surface area contributed by atoms with Gasteiger partial charge in [0.05, 0.1) is 6.54 Å². The number of ketones is 1. The Hall–Kier alpha value is -1.20. The van der Waals surface area contributed by atoms with Crippen LogP contribution in [0, 0.1) is 0 Å². The number of fused-ring (bicyclic) bond motifs is 1. The second kappa shape index (κ2) is 4.55. The van der Waals surface area contributed by atoms with E-state index in [0.29, 0.717) is 30.3 Å². The predicted octanol–water partition coefficient (Wildman–Crippen LogP) is 1.07. The van der Waals surface area contributed by atoms with Gasteiger partial charge in [0.2, 0.25) is 0 Å². The van der Waals surface area contributed by atoms with Crippen molar-refractivity contribution < 1.29 is 14.3 Å². The molecule has 0 spiro atoms. The van der Waals surface area contributed by atoms with E-state index in [0.717, 1.165) is 0 Å². The minimum absolute atomic E-state index is 0.0260. The number of carbonyl (C=O) groups is 1. The van der Waals surface area contributed by atoms with Crippen molar-refractivity contribution in [3.63, 3.8) is 0 Å². The molecule has 1 aromatic rings. The van der Waals surface area contributed by atoms with Gasteiger partial charge < -0.3 is 9.47 Å². The quantitative estimate of drug-likeness (QED) is 0.597. The maximum atomic E-state index is 11.5. The summed E-state index contributed by atoms with van der Waals surface area (Å²) in [5.74, 6) is 1.30. The van der Waals surface area contributed by atoms with Gasteiger partial charge in [-0.1, -0.05) is 12.8 Å². The molecule has 1 aliphatic heterocycles. The van der Waals surface area contributed by atoms with E-state index in [1.54, 1.807) is 18.2 Å². The van der Waals surface area contributed by atoms with Crippen LogP contribution < -0.4 is 14.2 Å². The van der Waals surface area contributed by atoms with E-state index in [9.17, 15) is 4.79 Å². The number of thiol groups is 1. The minimum Gasteiger partial charge on any atom is -0.486 e. The molecular weight excluding hydrogens is 214 g/mol. The first-order valence-electron chi connectivity index (χ1n) is 4.61. The van der Waals surface area contributed by atoms with Crippen molar-refractivity contribution in [1.82, 2.24) is 4.72 Å². The molecule has 0 amide bonds. The monoisotopic (exact) mass is 225 g/mol. The molecule has 0 aromatic heterocycles. The van der Waals surface area contributed by atoms with E-state index in [1.165, 1.54) is 0 Å². The van der Waals surface area contributed by atoms with E-state index in [4.69, 9.17) is 9.47 Å². The lowest BCUT2D eigenvalue weighted by molar-refractivity contribution is 0.0997. The van der Waals surface area contributed by atoms with E-state index >= 15 is 0 Å². The van der Waals surface area contributed by atoms with Crippen LogP contribution in [0.25, 0.3) is 0 Å². The third-order valence-corrected chi connectivity index (χ3v) is 2.26. The Morgan fingerprint density at radius 3 is 2.80 bits per heavy atom. The van der Waals surface area contributed by atoms with Crippen molar-refractivity contribution in [3.8, 4) is 11.5 Å². The van der Waals surface area contributed by atoms with Crippen LogP contribution in [-0.4, -0.2) is 25.5 Å². The Labute approximate surface area is 93.1 Å².